The molecule has 1 fully saturated rings. The molecule has 5 heteroatoms. The third-order valence-corrected chi connectivity index (χ3v) is 3.93. The Hall–Kier alpha value is -0.570. The molecular weight excluding hydrogens is 202 g/mol. The van der Waals surface area contributed by atoms with Gasteiger partial charge in [-0.25, -0.2) is 8.42 Å². The van der Waals surface area contributed by atoms with Crippen LogP contribution in [0.1, 0.15) is 12.8 Å². The van der Waals surface area contributed by atoms with Crippen molar-refractivity contribution in [3.8, 4) is 12.3 Å². The van der Waals surface area contributed by atoms with Crippen molar-refractivity contribution >= 4 is 10.0 Å². The minimum Gasteiger partial charge on any atom is -0.395 e. The summed E-state index contributed by atoms with van der Waals surface area (Å²) in [5, 5.41) is 8.61. The molecule has 1 saturated carbocycles. The van der Waals surface area contributed by atoms with E-state index >= 15 is 0 Å². The van der Waals surface area contributed by atoms with E-state index in [0.29, 0.717) is 12.5 Å². The average molecular weight is 217 g/mol. The molecule has 0 aliphatic heterocycles. The van der Waals surface area contributed by atoms with E-state index in [0.717, 1.165) is 12.8 Å². The lowest BCUT2D eigenvalue weighted by molar-refractivity contribution is 0.315. The predicted octanol–water partition coefficient (Wildman–Crippen LogP) is -0.346. The highest BCUT2D eigenvalue weighted by Gasteiger charge is 2.29. The molecule has 1 aliphatic carbocycles. The Morgan fingerprint density at radius 3 is 2.57 bits per heavy atom. The van der Waals surface area contributed by atoms with Crippen LogP contribution in [-0.2, 0) is 10.0 Å². The second-order valence-electron chi connectivity index (χ2n) is 3.48. The predicted molar refractivity (Wildman–Crippen MR) is 54.0 cm³/mol. The lowest BCUT2D eigenvalue weighted by atomic mass is 10.4. The van der Waals surface area contributed by atoms with Crippen molar-refractivity contribution in [3.05, 3.63) is 0 Å². The van der Waals surface area contributed by atoms with Crippen molar-refractivity contribution in [1.82, 2.24) is 4.31 Å². The fourth-order valence-corrected chi connectivity index (χ4v) is 2.41. The molecule has 80 valence electrons. The summed E-state index contributed by atoms with van der Waals surface area (Å²) in [5.74, 6) is 2.57. The highest BCUT2D eigenvalue weighted by atomic mass is 32.2. The van der Waals surface area contributed by atoms with Gasteiger partial charge in [0.25, 0.3) is 0 Å². The molecular formula is C9H15NO3S. The molecule has 0 atom stereocenters. The molecule has 0 unspecified atom stereocenters. The topological polar surface area (TPSA) is 57.6 Å². The van der Waals surface area contributed by atoms with E-state index in [2.05, 4.69) is 5.92 Å². The molecule has 0 aromatic rings. The van der Waals surface area contributed by atoms with E-state index in [1.165, 1.54) is 4.31 Å². The maximum atomic E-state index is 11.6. The van der Waals surface area contributed by atoms with Gasteiger partial charge in [0.1, 0.15) is 0 Å². The Bertz CT molecular complexity index is 313. The van der Waals surface area contributed by atoms with Crippen LogP contribution in [-0.4, -0.2) is 43.3 Å². The van der Waals surface area contributed by atoms with E-state index in [4.69, 9.17) is 11.5 Å². The third kappa shape index (κ3) is 3.29. The van der Waals surface area contributed by atoms with Gasteiger partial charge >= 0.3 is 0 Å². The van der Waals surface area contributed by atoms with Crippen LogP contribution in [0.4, 0.5) is 0 Å². The number of aliphatic hydroxyl groups excluding tert-OH is 1. The number of nitrogens with zero attached hydrogens (tertiary/aromatic N) is 1. The Balaban J connectivity index is 2.60. The second-order valence-corrected chi connectivity index (χ2v) is 5.57. The van der Waals surface area contributed by atoms with Crippen LogP contribution in [0.15, 0.2) is 0 Å². The Labute approximate surface area is 85.0 Å². The molecule has 1 rings (SSSR count). The van der Waals surface area contributed by atoms with Gasteiger partial charge in [-0.15, -0.1) is 6.42 Å². The highest BCUT2D eigenvalue weighted by molar-refractivity contribution is 7.89. The molecule has 0 bridgehead atoms. The van der Waals surface area contributed by atoms with Gasteiger partial charge in [0.05, 0.1) is 18.9 Å². The molecule has 14 heavy (non-hydrogen) atoms. The maximum absolute atomic E-state index is 11.6. The smallest absolute Gasteiger partial charge is 0.217 e. The molecule has 0 radical (unpaired) electrons. The molecule has 0 amide bonds. The number of sulfonamides is 1. The van der Waals surface area contributed by atoms with Crippen molar-refractivity contribution in [2.45, 2.75) is 12.8 Å². The quantitative estimate of drug-likeness (QED) is 0.619. The zero-order chi connectivity index (χ0) is 10.6. The van der Waals surface area contributed by atoms with E-state index in [9.17, 15) is 8.42 Å². The average Bonchev–Trinajstić information content (AvgIpc) is 2.87. The van der Waals surface area contributed by atoms with Gasteiger partial charge in [0.2, 0.25) is 10.0 Å². The molecule has 0 aromatic heterocycles. The molecule has 4 nitrogen and oxygen atoms in total. The summed E-state index contributed by atoms with van der Waals surface area (Å²) >= 11 is 0. The van der Waals surface area contributed by atoms with Crippen LogP contribution in [0, 0.1) is 18.3 Å². The highest BCUT2D eigenvalue weighted by Crippen LogP contribution is 2.30. The van der Waals surface area contributed by atoms with Crippen LogP contribution in [0.25, 0.3) is 0 Å². The lowest BCUT2D eigenvalue weighted by Gasteiger charge is -2.18. The van der Waals surface area contributed by atoms with Crippen LogP contribution < -0.4 is 0 Å². The van der Waals surface area contributed by atoms with Gasteiger partial charge in [-0.1, -0.05) is 5.92 Å². The zero-order valence-electron chi connectivity index (χ0n) is 8.02. The summed E-state index contributed by atoms with van der Waals surface area (Å²) in [7, 11) is -3.35. The monoisotopic (exact) mass is 217 g/mol. The van der Waals surface area contributed by atoms with Crippen molar-refractivity contribution in [3.63, 3.8) is 0 Å². The largest absolute Gasteiger partial charge is 0.395 e. The molecule has 0 heterocycles. The van der Waals surface area contributed by atoms with Crippen LogP contribution >= 0.6 is 0 Å². The molecule has 0 saturated heterocycles. The first-order valence-corrected chi connectivity index (χ1v) is 6.23. The van der Waals surface area contributed by atoms with E-state index in [1.54, 1.807) is 0 Å². The summed E-state index contributed by atoms with van der Waals surface area (Å²) < 4.78 is 24.4. The zero-order valence-corrected chi connectivity index (χ0v) is 8.83. The Kier molecular flexibility index (Phi) is 3.93. The van der Waals surface area contributed by atoms with E-state index in [1.807, 2.05) is 0 Å². The summed E-state index contributed by atoms with van der Waals surface area (Å²) in [6.07, 6.45) is 7.26. The van der Waals surface area contributed by atoms with Crippen molar-refractivity contribution in [2.24, 2.45) is 5.92 Å². The number of hydrogen-bond acceptors (Lipinski definition) is 3. The van der Waals surface area contributed by atoms with Gasteiger partial charge < -0.3 is 5.11 Å². The fourth-order valence-electron chi connectivity index (χ4n) is 1.21. The van der Waals surface area contributed by atoms with Gasteiger partial charge in [-0.3, -0.25) is 0 Å². The van der Waals surface area contributed by atoms with Gasteiger partial charge in [-0.2, -0.15) is 4.31 Å². The first-order chi connectivity index (χ1) is 6.60. The summed E-state index contributed by atoms with van der Waals surface area (Å²) in [4.78, 5) is 0. The Morgan fingerprint density at radius 1 is 1.50 bits per heavy atom. The minimum atomic E-state index is -3.35. The summed E-state index contributed by atoms with van der Waals surface area (Å²) in [5.41, 5.74) is 0. The minimum absolute atomic E-state index is 0.110. The number of hydrogen-bond donors (Lipinski definition) is 1. The number of terminal acetylenes is 1. The van der Waals surface area contributed by atoms with E-state index in [-0.39, 0.29) is 18.9 Å². The molecule has 1 N–H and O–H groups in total. The van der Waals surface area contributed by atoms with Crippen LogP contribution in [0.2, 0.25) is 0 Å². The second kappa shape index (κ2) is 4.78. The Morgan fingerprint density at radius 2 is 2.14 bits per heavy atom. The SMILES string of the molecule is C#CCN(CC1CC1)S(=O)(=O)CCO. The third-order valence-electron chi connectivity index (χ3n) is 2.17. The van der Waals surface area contributed by atoms with Crippen LogP contribution in [0.3, 0.4) is 0 Å². The number of rotatable bonds is 6. The van der Waals surface area contributed by atoms with Crippen molar-refractivity contribution in [2.75, 3.05) is 25.4 Å². The normalized spacial score (nSPS) is 16.9. The fraction of sp³-hybridized carbons (Fsp3) is 0.778. The van der Waals surface area contributed by atoms with Crippen LogP contribution in [0.5, 0.6) is 0 Å². The van der Waals surface area contributed by atoms with Gasteiger partial charge in [0.15, 0.2) is 0 Å². The molecule has 0 spiro atoms. The maximum Gasteiger partial charge on any atom is 0.217 e. The molecule has 0 aromatic carbocycles. The summed E-state index contributed by atoms with van der Waals surface area (Å²) in [6.45, 7) is 0.263. The number of aliphatic hydroxyl groups is 1. The lowest BCUT2D eigenvalue weighted by Crippen LogP contribution is -2.36. The van der Waals surface area contributed by atoms with Gasteiger partial charge in [0, 0.05) is 6.54 Å². The van der Waals surface area contributed by atoms with Crippen molar-refractivity contribution < 1.29 is 13.5 Å². The van der Waals surface area contributed by atoms with Gasteiger partial charge in [-0.05, 0) is 18.8 Å². The molecule has 1 aliphatic rings. The van der Waals surface area contributed by atoms with Crippen molar-refractivity contribution in [1.29, 1.82) is 0 Å². The first kappa shape index (κ1) is 11.5. The summed E-state index contributed by atoms with van der Waals surface area (Å²) in [6, 6.07) is 0. The van der Waals surface area contributed by atoms with E-state index < -0.39 is 10.0 Å². The standard InChI is InChI=1S/C9H15NO3S/c1-2-5-10(8-9-3-4-9)14(12,13)7-6-11/h1,9,11H,3-8H2. The first-order valence-electron chi connectivity index (χ1n) is 4.62.